The number of carbonyl (C=O) groups excluding carboxylic acids is 4. The van der Waals surface area contributed by atoms with Gasteiger partial charge in [0.25, 0.3) is 0 Å². The van der Waals surface area contributed by atoms with Crippen molar-refractivity contribution in [2.24, 2.45) is 0 Å². The third kappa shape index (κ3) is 10.2. The summed E-state index contributed by atoms with van der Waals surface area (Å²) in [5.41, 5.74) is 7.39. The zero-order valence-electron chi connectivity index (χ0n) is 16.7. The number of hydrogen-bond acceptors (Lipinski definition) is 6. The third-order valence-electron chi connectivity index (χ3n) is 3.67. The zero-order chi connectivity index (χ0) is 21.8. The molecule has 10 heteroatoms. The monoisotopic (exact) mass is 422 g/mol. The van der Waals surface area contributed by atoms with Crippen LogP contribution >= 0.6 is 12.2 Å². The van der Waals surface area contributed by atoms with Gasteiger partial charge >= 0.3 is 5.97 Å². The Morgan fingerprint density at radius 1 is 0.931 bits per heavy atom. The fourth-order valence-electron chi connectivity index (χ4n) is 2.25. The van der Waals surface area contributed by atoms with Gasteiger partial charge in [-0.15, -0.1) is 0 Å². The lowest BCUT2D eigenvalue weighted by Crippen LogP contribution is -2.48. The molecule has 0 unspecified atom stereocenters. The molecular formula is C19H26N4O5S. The number of benzene rings is 1. The van der Waals surface area contributed by atoms with Crippen LogP contribution in [0.4, 0.5) is 5.69 Å². The van der Waals surface area contributed by atoms with Crippen LogP contribution in [0.15, 0.2) is 18.2 Å². The highest BCUT2D eigenvalue weighted by atomic mass is 32.1. The lowest BCUT2D eigenvalue weighted by Gasteiger charge is -2.11. The molecule has 0 saturated carbocycles. The molecule has 0 aliphatic heterocycles. The van der Waals surface area contributed by atoms with Gasteiger partial charge in [0.15, 0.2) is 5.11 Å². The second-order valence-corrected chi connectivity index (χ2v) is 6.63. The van der Waals surface area contributed by atoms with E-state index in [1.165, 1.54) is 0 Å². The van der Waals surface area contributed by atoms with E-state index < -0.39 is 17.8 Å². The summed E-state index contributed by atoms with van der Waals surface area (Å²) in [4.78, 5) is 46.6. The largest absolute Gasteiger partial charge is 0.466 e. The summed E-state index contributed by atoms with van der Waals surface area (Å²) in [5.74, 6) is -1.72. The molecular weight excluding hydrogens is 396 g/mol. The zero-order valence-corrected chi connectivity index (χ0v) is 17.5. The molecule has 0 saturated heterocycles. The third-order valence-corrected chi connectivity index (χ3v) is 3.87. The maximum Gasteiger partial charge on any atom is 0.306 e. The van der Waals surface area contributed by atoms with E-state index in [1.54, 1.807) is 6.92 Å². The summed E-state index contributed by atoms with van der Waals surface area (Å²) in [6.45, 7) is 5.77. The summed E-state index contributed by atoms with van der Waals surface area (Å²) in [7, 11) is 0. The van der Waals surface area contributed by atoms with Gasteiger partial charge in [0.2, 0.25) is 17.7 Å². The van der Waals surface area contributed by atoms with Crippen LogP contribution in [0.25, 0.3) is 0 Å². The average molecular weight is 423 g/mol. The number of hydrogen-bond donors (Lipinski definition) is 4. The fraction of sp³-hybridized carbons (Fsp3) is 0.421. The van der Waals surface area contributed by atoms with Gasteiger partial charge in [0.05, 0.1) is 13.0 Å². The van der Waals surface area contributed by atoms with Crippen molar-refractivity contribution in [2.75, 3.05) is 11.9 Å². The lowest BCUT2D eigenvalue weighted by atomic mass is 10.1. The first-order chi connectivity index (χ1) is 13.7. The molecule has 0 aliphatic carbocycles. The smallest absolute Gasteiger partial charge is 0.306 e. The van der Waals surface area contributed by atoms with Crippen LogP contribution in [-0.4, -0.2) is 35.4 Å². The first-order valence-corrected chi connectivity index (χ1v) is 9.53. The van der Waals surface area contributed by atoms with Gasteiger partial charge in [-0.1, -0.05) is 17.7 Å². The van der Waals surface area contributed by atoms with Crippen LogP contribution in [0, 0.1) is 13.8 Å². The van der Waals surface area contributed by atoms with E-state index in [0.717, 1.165) is 11.1 Å². The van der Waals surface area contributed by atoms with E-state index >= 15 is 0 Å². The molecule has 0 heterocycles. The first kappa shape index (κ1) is 24.0. The van der Waals surface area contributed by atoms with Gasteiger partial charge in [-0.05, 0) is 44.6 Å². The maximum absolute atomic E-state index is 12.0. The molecule has 0 radical (unpaired) electrons. The van der Waals surface area contributed by atoms with Gasteiger partial charge < -0.3 is 15.4 Å². The van der Waals surface area contributed by atoms with Crippen molar-refractivity contribution in [3.63, 3.8) is 0 Å². The number of nitrogens with one attached hydrogen (secondary N) is 4. The minimum absolute atomic E-state index is 0.0144. The number of amides is 3. The number of carbonyl (C=O) groups is 4. The van der Waals surface area contributed by atoms with Crippen molar-refractivity contribution >= 4 is 46.7 Å². The second-order valence-electron chi connectivity index (χ2n) is 6.22. The molecule has 0 bridgehead atoms. The topological polar surface area (TPSA) is 126 Å². The van der Waals surface area contributed by atoms with Gasteiger partial charge in [-0.2, -0.15) is 0 Å². The molecule has 0 aromatic heterocycles. The van der Waals surface area contributed by atoms with Crippen LogP contribution < -0.4 is 21.5 Å². The standard InChI is InChI=1S/C19H26N4O5S/c1-4-28-18(27)10-9-16(25)21-19(29)23-22-17(26)8-7-15(24)20-14-6-5-12(2)11-13(14)3/h5-6,11H,4,7-10H2,1-3H3,(H,20,24)(H,22,26)(H2,21,23,25,29). The van der Waals surface area contributed by atoms with Crippen LogP contribution in [0.3, 0.4) is 0 Å². The van der Waals surface area contributed by atoms with E-state index in [2.05, 4.69) is 21.5 Å². The lowest BCUT2D eigenvalue weighted by molar-refractivity contribution is -0.144. The highest BCUT2D eigenvalue weighted by Gasteiger charge is 2.11. The van der Waals surface area contributed by atoms with Crippen molar-refractivity contribution in [2.45, 2.75) is 46.5 Å². The second kappa shape index (κ2) is 12.4. The molecule has 29 heavy (non-hydrogen) atoms. The first-order valence-electron chi connectivity index (χ1n) is 9.12. The molecule has 1 rings (SSSR count). The number of esters is 1. The van der Waals surface area contributed by atoms with Crippen molar-refractivity contribution in [3.05, 3.63) is 29.3 Å². The molecule has 0 aliphatic rings. The van der Waals surface area contributed by atoms with Crippen molar-refractivity contribution in [3.8, 4) is 0 Å². The Kier molecular flexibility index (Phi) is 10.3. The molecule has 1 aromatic rings. The Labute approximate surface area is 174 Å². The summed E-state index contributed by atoms with van der Waals surface area (Å²) in [5, 5.41) is 4.96. The van der Waals surface area contributed by atoms with E-state index in [4.69, 9.17) is 17.0 Å². The minimum Gasteiger partial charge on any atom is -0.466 e. The minimum atomic E-state index is -0.488. The van der Waals surface area contributed by atoms with Crippen LogP contribution in [0.1, 0.15) is 43.7 Å². The Morgan fingerprint density at radius 2 is 1.59 bits per heavy atom. The average Bonchev–Trinajstić information content (AvgIpc) is 2.65. The van der Waals surface area contributed by atoms with Crippen molar-refractivity contribution in [1.29, 1.82) is 0 Å². The van der Waals surface area contributed by atoms with Gasteiger partial charge in [-0.3, -0.25) is 30.0 Å². The molecule has 0 fully saturated rings. The number of thiocarbonyl (C=S) groups is 1. The van der Waals surface area contributed by atoms with Crippen molar-refractivity contribution in [1.82, 2.24) is 16.2 Å². The molecule has 3 amide bonds. The number of aryl methyl sites for hydroxylation is 2. The van der Waals surface area contributed by atoms with Crippen LogP contribution in [-0.2, 0) is 23.9 Å². The summed E-state index contributed by atoms with van der Waals surface area (Å²) in [6, 6.07) is 5.66. The predicted molar refractivity (Wildman–Crippen MR) is 112 cm³/mol. The number of anilines is 1. The number of rotatable bonds is 8. The highest BCUT2D eigenvalue weighted by Crippen LogP contribution is 2.16. The SMILES string of the molecule is CCOC(=O)CCC(=O)NC(=S)NNC(=O)CCC(=O)Nc1ccc(C)cc1C. The summed E-state index contributed by atoms with van der Waals surface area (Å²) in [6.07, 6.45) is -0.236. The molecule has 9 nitrogen and oxygen atoms in total. The van der Waals surface area contributed by atoms with Crippen LogP contribution in [0.2, 0.25) is 0 Å². The summed E-state index contributed by atoms with van der Waals surface area (Å²) < 4.78 is 4.71. The maximum atomic E-state index is 12.0. The van der Waals surface area contributed by atoms with E-state index in [-0.39, 0.29) is 43.3 Å². The molecule has 1 aromatic carbocycles. The highest BCUT2D eigenvalue weighted by molar-refractivity contribution is 7.80. The summed E-state index contributed by atoms with van der Waals surface area (Å²) >= 11 is 4.87. The molecule has 0 spiro atoms. The van der Waals surface area contributed by atoms with E-state index in [0.29, 0.717) is 5.69 Å². The Morgan fingerprint density at radius 3 is 2.24 bits per heavy atom. The van der Waals surface area contributed by atoms with Gasteiger partial charge in [-0.25, -0.2) is 0 Å². The van der Waals surface area contributed by atoms with Crippen molar-refractivity contribution < 1.29 is 23.9 Å². The van der Waals surface area contributed by atoms with Crippen LogP contribution in [0.5, 0.6) is 0 Å². The number of ether oxygens (including phenoxy) is 1. The molecule has 0 atom stereocenters. The van der Waals surface area contributed by atoms with Gasteiger partial charge in [0, 0.05) is 24.9 Å². The molecule has 4 N–H and O–H groups in total. The van der Waals surface area contributed by atoms with E-state index in [9.17, 15) is 19.2 Å². The normalized spacial score (nSPS) is 9.90. The van der Waals surface area contributed by atoms with E-state index in [1.807, 2.05) is 32.0 Å². The van der Waals surface area contributed by atoms with Gasteiger partial charge in [0.1, 0.15) is 0 Å². The fourth-order valence-corrected chi connectivity index (χ4v) is 2.42. The number of hydrazine groups is 1. The Bertz CT molecular complexity index is 782. The quantitative estimate of drug-likeness (QED) is 0.283. The Balaban J connectivity index is 2.25. The Hall–Kier alpha value is -3.01. The molecule has 158 valence electrons. The predicted octanol–water partition coefficient (Wildman–Crippen LogP) is 1.39.